The monoisotopic (exact) mass is 221 g/mol. The van der Waals surface area contributed by atoms with Gasteiger partial charge in [-0.25, -0.2) is 0 Å². The third-order valence-electron chi connectivity index (χ3n) is 2.55. The van der Waals surface area contributed by atoms with E-state index >= 15 is 0 Å². The Balaban J connectivity index is 2.34. The predicted octanol–water partition coefficient (Wildman–Crippen LogP) is 3.37. The van der Waals surface area contributed by atoms with Crippen LogP contribution in [-0.2, 0) is 6.54 Å². The molecule has 0 bridgehead atoms. The highest BCUT2D eigenvalue weighted by atomic mass is 16.5. The molecule has 1 N–H and O–H groups in total. The van der Waals surface area contributed by atoms with Gasteiger partial charge < -0.3 is 10.1 Å². The average Bonchev–Trinajstić information content (AvgIpc) is 2.31. The van der Waals surface area contributed by atoms with Crippen molar-refractivity contribution in [3.63, 3.8) is 0 Å². The molecule has 0 saturated heterocycles. The molecule has 1 aromatic rings. The van der Waals surface area contributed by atoms with Crippen molar-refractivity contribution in [1.82, 2.24) is 5.32 Å². The lowest BCUT2D eigenvalue weighted by Gasteiger charge is -2.10. The van der Waals surface area contributed by atoms with Gasteiger partial charge in [0.1, 0.15) is 5.75 Å². The normalized spacial score (nSPS) is 10.4. The van der Waals surface area contributed by atoms with Crippen molar-refractivity contribution in [3.8, 4) is 5.75 Å². The molecule has 0 aliphatic rings. The minimum Gasteiger partial charge on any atom is -0.494 e. The van der Waals surface area contributed by atoms with E-state index in [2.05, 4.69) is 24.4 Å². The zero-order valence-corrected chi connectivity index (χ0v) is 10.5. The molecule has 0 heterocycles. The molecule has 0 fully saturated rings. The van der Waals surface area contributed by atoms with E-state index in [0.29, 0.717) is 0 Å². The summed E-state index contributed by atoms with van der Waals surface area (Å²) in [6.07, 6.45) is 3.84. The predicted molar refractivity (Wildman–Crippen MR) is 68.8 cm³/mol. The van der Waals surface area contributed by atoms with Crippen molar-refractivity contribution in [3.05, 3.63) is 29.8 Å². The first kappa shape index (κ1) is 13.0. The third kappa shape index (κ3) is 4.67. The van der Waals surface area contributed by atoms with Crippen LogP contribution in [0, 0.1) is 0 Å². The first-order valence-corrected chi connectivity index (χ1v) is 6.30. The Morgan fingerprint density at radius 3 is 2.69 bits per heavy atom. The summed E-state index contributed by atoms with van der Waals surface area (Å²) in [6.45, 7) is 6.97. The fraction of sp³-hybridized carbons (Fsp3) is 0.571. The highest BCUT2D eigenvalue weighted by Crippen LogP contribution is 2.17. The lowest BCUT2D eigenvalue weighted by atomic mass is 10.2. The topological polar surface area (TPSA) is 21.3 Å². The van der Waals surface area contributed by atoms with Gasteiger partial charge in [-0.15, -0.1) is 0 Å². The minimum absolute atomic E-state index is 0.729. The maximum absolute atomic E-state index is 5.58. The molecule has 0 amide bonds. The Morgan fingerprint density at radius 2 is 1.94 bits per heavy atom. The van der Waals surface area contributed by atoms with Crippen molar-refractivity contribution in [2.45, 2.75) is 39.7 Å². The zero-order chi connectivity index (χ0) is 11.6. The molecule has 2 heteroatoms. The second-order valence-corrected chi connectivity index (χ2v) is 3.92. The Kier molecular flexibility index (Phi) is 6.66. The quantitative estimate of drug-likeness (QED) is 0.680. The Labute approximate surface area is 99.0 Å². The summed E-state index contributed by atoms with van der Waals surface area (Å²) >= 11 is 0. The summed E-state index contributed by atoms with van der Waals surface area (Å²) in [4.78, 5) is 0. The Bertz CT molecular complexity index is 286. The highest BCUT2D eigenvalue weighted by Gasteiger charge is 2.00. The fourth-order valence-corrected chi connectivity index (χ4v) is 1.67. The second kappa shape index (κ2) is 8.17. The SMILES string of the molecule is CCCCCNCc1ccccc1OCC. The van der Waals surface area contributed by atoms with Crippen LogP contribution in [0.3, 0.4) is 0 Å². The second-order valence-electron chi connectivity index (χ2n) is 3.92. The number of para-hydroxylation sites is 1. The van der Waals surface area contributed by atoms with Crippen LogP contribution in [-0.4, -0.2) is 13.2 Å². The van der Waals surface area contributed by atoms with Crippen LogP contribution in [0.4, 0.5) is 0 Å². The molecule has 90 valence electrons. The standard InChI is InChI=1S/C14H23NO/c1-3-5-8-11-15-12-13-9-6-7-10-14(13)16-4-2/h6-7,9-10,15H,3-5,8,11-12H2,1-2H3. The van der Waals surface area contributed by atoms with Crippen molar-refractivity contribution in [1.29, 1.82) is 0 Å². The molecule has 1 aromatic carbocycles. The lowest BCUT2D eigenvalue weighted by Crippen LogP contribution is -2.15. The van der Waals surface area contributed by atoms with Crippen LogP contribution in [0.5, 0.6) is 5.75 Å². The summed E-state index contributed by atoms with van der Waals surface area (Å²) < 4.78 is 5.58. The molecule has 0 unspecified atom stereocenters. The highest BCUT2D eigenvalue weighted by molar-refractivity contribution is 5.33. The van der Waals surface area contributed by atoms with Gasteiger partial charge in [0.25, 0.3) is 0 Å². The average molecular weight is 221 g/mol. The van der Waals surface area contributed by atoms with Crippen molar-refractivity contribution in [2.24, 2.45) is 0 Å². The Morgan fingerprint density at radius 1 is 1.12 bits per heavy atom. The summed E-state index contributed by atoms with van der Waals surface area (Å²) in [5.41, 5.74) is 1.25. The van der Waals surface area contributed by atoms with Crippen LogP contribution in [0.1, 0.15) is 38.7 Å². The van der Waals surface area contributed by atoms with E-state index in [1.165, 1.54) is 24.8 Å². The van der Waals surface area contributed by atoms with E-state index in [9.17, 15) is 0 Å². The third-order valence-corrected chi connectivity index (χ3v) is 2.55. The van der Waals surface area contributed by atoms with E-state index in [4.69, 9.17) is 4.74 Å². The van der Waals surface area contributed by atoms with Crippen LogP contribution in [0.15, 0.2) is 24.3 Å². The smallest absolute Gasteiger partial charge is 0.123 e. The molecule has 16 heavy (non-hydrogen) atoms. The molecule has 2 nitrogen and oxygen atoms in total. The van der Waals surface area contributed by atoms with Gasteiger partial charge in [0.05, 0.1) is 6.61 Å². The van der Waals surface area contributed by atoms with E-state index in [1.807, 2.05) is 19.1 Å². The van der Waals surface area contributed by atoms with Gasteiger partial charge in [0, 0.05) is 12.1 Å². The first-order chi connectivity index (χ1) is 7.88. The molecule has 0 aliphatic heterocycles. The van der Waals surface area contributed by atoms with Crippen LogP contribution < -0.4 is 10.1 Å². The number of hydrogen-bond acceptors (Lipinski definition) is 2. The first-order valence-electron chi connectivity index (χ1n) is 6.30. The van der Waals surface area contributed by atoms with Crippen molar-refractivity contribution >= 4 is 0 Å². The summed E-state index contributed by atoms with van der Waals surface area (Å²) in [5.74, 6) is 1.01. The zero-order valence-electron chi connectivity index (χ0n) is 10.5. The molecule has 0 radical (unpaired) electrons. The Hall–Kier alpha value is -1.02. The maximum atomic E-state index is 5.58. The van der Waals surface area contributed by atoms with E-state index < -0.39 is 0 Å². The number of hydrogen-bond donors (Lipinski definition) is 1. The van der Waals surface area contributed by atoms with E-state index in [1.54, 1.807) is 0 Å². The maximum Gasteiger partial charge on any atom is 0.123 e. The summed E-state index contributed by atoms with van der Waals surface area (Å²) in [5, 5.41) is 3.46. The van der Waals surface area contributed by atoms with Crippen LogP contribution in [0.25, 0.3) is 0 Å². The molecule has 0 aliphatic carbocycles. The van der Waals surface area contributed by atoms with Gasteiger partial charge in [0.15, 0.2) is 0 Å². The molecule has 0 spiro atoms. The fourth-order valence-electron chi connectivity index (χ4n) is 1.67. The van der Waals surface area contributed by atoms with E-state index in [-0.39, 0.29) is 0 Å². The number of nitrogens with one attached hydrogen (secondary N) is 1. The van der Waals surface area contributed by atoms with Gasteiger partial charge in [-0.05, 0) is 26.0 Å². The van der Waals surface area contributed by atoms with E-state index in [0.717, 1.165) is 25.4 Å². The summed E-state index contributed by atoms with van der Waals surface area (Å²) in [6, 6.07) is 8.24. The van der Waals surface area contributed by atoms with Gasteiger partial charge in [-0.1, -0.05) is 38.0 Å². The number of ether oxygens (including phenoxy) is 1. The summed E-state index contributed by atoms with van der Waals surface area (Å²) in [7, 11) is 0. The van der Waals surface area contributed by atoms with Gasteiger partial charge in [0.2, 0.25) is 0 Å². The van der Waals surface area contributed by atoms with Crippen LogP contribution >= 0.6 is 0 Å². The molecular weight excluding hydrogens is 198 g/mol. The van der Waals surface area contributed by atoms with Gasteiger partial charge in [-0.2, -0.15) is 0 Å². The molecule has 0 saturated carbocycles. The largest absolute Gasteiger partial charge is 0.494 e. The van der Waals surface area contributed by atoms with Gasteiger partial charge >= 0.3 is 0 Å². The molecule has 0 aromatic heterocycles. The molecule has 0 atom stereocenters. The number of benzene rings is 1. The van der Waals surface area contributed by atoms with Crippen LogP contribution in [0.2, 0.25) is 0 Å². The molecule has 1 rings (SSSR count). The molecular formula is C14H23NO. The van der Waals surface area contributed by atoms with Crippen molar-refractivity contribution in [2.75, 3.05) is 13.2 Å². The van der Waals surface area contributed by atoms with Crippen molar-refractivity contribution < 1.29 is 4.74 Å². The number of rotatable bonds is 8. The van der Waals surface area contributed by atoms with Gasteiger partial charge in [-0.3, -0.25) is 0 Å². The number of unbranched alkanes of at least 4 members (excludes halogenated alkanes) is 2. The minimum atomic E-state index is 0.729. The lowest BCUT2D eigenvalue weighted by molar-refractivity contribution is 0.335.